The maximum atomic E-state index is 11.9. The summed E-state index contributed by atoms with van der Waals surface area (Å²) in [6, 6.07) is 7.13. The molecule has 4 atom stereocenters. The number of carboxylic acid groups (broad SMARTS) is 1. The van der Waals surface area contributed by atoms with Crippen molar-refractivity contribution in [2.24, 2.45) is 0 Å². The standard InChI is InChI=1S/C17H24NO4P/c19-17(20)16(18-7-5-14(23)9-18)15-4-2-1-3-12(15)10-22-13-6-8-21-11-13/h1-4,13-14,16H,5-11,23H2,(H,19,20)/t13-,14-,16?/m1/s1. The van der Waals surface area contributed by atoms with Crippen LogP contribution in [0.4, 0.5) is 0 Å². The number of hydrogen-bond acceptors (Lipinski definition) is 4. The van der Waals surface area contributed by atoms with Gasteiger partial charge in [-0.05, 0) is 36.2 Å². The first-order valence-electron chi connectivity index (χ1n) is 8.14. The van der Waals surface area contributed by atoms with Gasteiger partial charge in [0.1, 0.15) is 6.04 Å². The van der Waals surface area contributed by atoms with Crippen LogP contribution < -0.4 is 0 Å². The van der Waals surface area contributed by atoms with E-state index in [0.29, 0.717) is 18.9 Å². The Morgan fingerprint density at radius 2 is 2.26 bits per heavy atom. The van der Waals surface area contributed by atoms with Crippen LogP contribution in [-0.4, -0.2) is 54.0 Å². The smallest absolute Gasteiger partial charge is 0.325 e. The summed E-state index contributed by atoms with van der Waals surface area (Å²) in [5.41, 5.74) is 2.27. The van der Waals surface area contributed by atoms with E-state index < -0.39 is 12.0 Å². The summed E-state index contributed by atoms with van der Waals surface area (Å²) < 4.78 is 11.2. The molecule has 23 heavy (non-hydrogen) atoms. The molecule has 0 aromatic heterocycles. The van der Waals surface area contributed by atoms with Crippen LogP contribution in [0, 0.1) is 0 Å². The Bertz CT molecular complexity index is 547. The predicted molar refractivity (Wildman–Crippen MR) is 90.5 cm³/mol. The van der Waals surface area contributed by atoms with Crippen LogP contribution in [0.5, 0.6) is 0 Å². The van der Waals surface area contributed by atoms with Gasteiger partial charge in [0.15, 0.2) is 0 Å². The average molecular weight is 337 g/mol. The first-order chi connectivity index (χ1) is 11.1. The van der Waals surface area contributed by atoms with Crippen molar-refractivity contribution in [1.82, 2.24) is 4.90 Å². The summed E-state index contributed by atoms with van der Waals surface area (Å²) in [5.74, 6) is -0.791. The quantitative estimate of drug-likeness (QED) is 0.806. The minimum absolute atomic E-state index is 0.120. The molecule has 0 radical (unpaired) electrons. The zero-order valence-corrected chi connectivity index (χ0v) is 14.3. The van der Waals surface area contributed by atoms with Crippen LogP contribution in [0.15, 0.2) is 24.3 Å². The zero-order chi connectivity index (χ0) is 16.2. The highest BCUT2D eigenvalue weighted by molar-refractivity contribution is 7.17. The van der Waals surface area contributed by atoms with E-state index in [9.17, 15) is 9.90 Å². The van der Waals surface area contributed by atoms with E-state index in [1.165, 1.54) is 0 Å². The number of hydrogen-bond donors (Lipinski definition) is 1. The van der Waals surface area contributed by atoms with Crippen LogP contribution in [0.25, 0.3) is 0 Å². The maximum Gasteiger partial charge on any atom is 0.325 e. The normalized spacial score (nSPS) is 26.5. The first kappa shape index (κ1) is 16.8. The molecule has 2 aliphatic heterocycles. The Kier molecular flexibility index (Phi) is 5.65. The molecule has 2 unspecified atom stereocenters. The van der Waals surface area contributed by atoms with Gasteiger partial charge < -0.3 is 14.6 Å². The fourth-order valence-corrected chi connectivity index (χ4v) is 3.74. The van der Waals surface area contributed by atoms with E-state index in [-0.39, 0.29) is 6.10 Å². The summed E-state index contributed by atoms with van der Waals surface area (Å²) in [6.45, 7) is 3.43. The first-order valence-corrected chi connectivity index (χ1v) is 8.81. The van der Waals surface area contributed by atoms with Gasteiger partial charge in [-0.2, -0.15) is 0 Å². The average Bonchev–Trinajstić information content (AvgIpc) is 3.18. The number of carbonyl (C=O) groups is 1. The van der Waals surface area contributed by atoms with Crippen LogP contribution in [-0.2, 0) is 20.9 Å². The number of likely N-dealkylation sites (tertiary alicyclic amines) is 1. The molecule has 0 saturated carbocycles. The lowest BCUT2D eigenvalue weighted by atomic mass is 9.99. The Morgan fingerprint density at radius 3 is 2.91 bits per heavy atom. The van der Waals surface area contributed by atoms with Gasteiger partial charge in [0.25, 0.3) is 0 Å². The van der Waals surface area contributed by atoms with Gasteiger partial charge in [-0.15, -0.1) is 9.24 Å². The predicted octanol–water partition coefficient (Wildman–Crippen LogP) is 2.07. The molecule has 1 aromatic carbocycles. The number of carboxylic acids is 1. The minimum atomic E-state index is -0.791. The number of aliphatic carboxylic acids is 1. The SMILES string of the molecule is O=C(O)C(c1ccccc1CO[C@@H]1CCOC1)N1CC[C@@H](P)C1. The van der Waals surface area contributed by atoms with E-state index in [1.807, 2.05) is 24.3 Å². The Labute approximate surface area is 139 Å². The van der Waals surface area contributed by atoms with Gasteiger partial charge in [-0.1, -0.05) is 24.3 Å². The van der Waals surface area contributed by atoms with Crippen molar-refractivity contribution in [3.05, 3.63) is 35.4 Å². The summed E-state index contributed by atoms with van der Waals surface area (Å²) in [4.78, 5) is 14.0. The summed E-state index contributed by atoms with van der Waals surface area (Å²) in [6.07, 6.45) is 2.05. The van der Waals surface area contributed by atoms with Crippen LogP contribution in [0.2, 0.25) is 0 Å². The molecule has 2 saturated heterocycles. The highest BCUT2D eigenvalue weighted by atomic mass is 31.0. The highest BCUT2D eigenvalue weighted by Crippen LogP contribution is 2.30. The second-order valence-corrected chi connectivity index (χ2v) is 7.22. The summed E-state index contributed by atoms with van der Waals surface area (Å²) >= 11 is 0. The lowest BCUT2D eigenvalue weighted by Gasteiger charge is -2.26. The van der Waals surface area contributed by atoms with Gasteiger partial charge >= 0.3 is 5.97 Å². The molecule has 0 bridgehead atoms. The van der Waals surface area contributed by atoms with Crippen molar-refractivity contribution in [2.45, 2.75) is 37.3 Å². The molecule has 1 aromatic rings. The van der Waals surface area contributed by atoms with E-state index >= 15 is 0 Å². The van der Waals surface area contributed by atoms with Crippen molar-refractivity contribution in [1.29, 1.82) is 0 Å². The molecule has 5 nitrogen and oxygen atoms in total. The second-order valence-electron chi connectivity index (χ2n) is 6.28. The lowest BCUT2D eigenvalue weighted by molar-refractivity contribution is -0.143. The molecule has 2 aliphatic rings. The van der Waals surface area contributed by atoms with Crippen molar-refractivity contribution in [3.8, 4) is 0 Å². The second kappa shape index (κ2) is 7.71. The molecular formula is C17H24NO4P. The van der Waals surface area contributed by atoms with Gasteiger partial charge in [0, 0.05) is 13.2 Å². The zero-order valence-electron chi connectivity index (χ0n) is 13.2. The number of nitrogens with zero attached hydrogens (tertiary/aromatic N) is 1. The fourth-order valence-electron chi connectivity index (χ4n) is 3.32. The number of rotatable bonds is 6. The minimum Gasteiger partial charge on any atom is -0.480 e. The topological polar surface area (TPSA) is 59.0 Å². The van der Waals surface area contributed by atoms with E-state index in [4.69, 9.17) is 9.47 Å². The molecule has 126 valence electrons. The third-order valence-electron chi connectivity index (χ3n) is 4.57. The largest absolute Gasteiger partial charge is 0.480 e. The Hall–Kier alpha value is -1.00. The van der Waals surface area contributed by atoms with Gasteiger partial charge in [-0.25, -0.2) is 0 Å². The van der Waals surface area contributed by atoms with Crippen molar-refractivity contribution in [2.75, 3.05) is 26.3 Å². The van der Waals surface area contributed by atoms with Gasteiger partial charge in [0.2, 0.25) is 0 Å². The lowest BCUT2D eigenvalue weighted by Crippen LogP contribution is -2.33. The summed E-state index contributed by atoms with van der Waals surface area (Å²) in [7, 11) is 2.80. The molecule has 2 heterocycles. The van der Waals surface area contributed by atoms with E-state index in [2.05, 4.69) is 14.1 Å². The number of benzene rings is 1. The molecule has 6 heteroatoms. The van der Waals surface area contributed by atoms with Crippen molar-refractivity contribution < 1.29 is 19.4 Å². The highest BCUT2D eigenvalue weighted by Gasteiger charge is 2.33. The Morgan fingerprint density at radius 1 is 1.43 bits per heavy atom. The molecule has 2 fully saturated rings. The third kappa shape index (κ3) is 4.10. The van der Waals surface area contributed by atoms with Crippen LogP contribution in [0.3, 0.4) is 0 Å². The monoisotopic (exact) mass is 337 g/mol. The van der Waals surface area contributed by atoms with Crippen molar-refractivity contribution in [3.63, 3.8) is 0 Å². The van der Waals surface area contributed by atoms with Crippen LogP contribution >= 0.6 is 9.24 Å². The number of ether oxygens (including phenoxy) is 2. The molecule has 3 rings (SSSR count). The molecule has 1 N–H and O–H groups in total. The molecule has 0 amide bonds. The van der Waals surface area contributed by atoms with E-state index in [0.717, 1.165) is 43.7 Å². The molecule has 0 aliphatic carbocycles. The summed E-state index contributed by atoms with van der Waals surface area (Å²) in [5, 5.41) is 9.77. The third-order valence-corrected chi connectivity index (χ3v) is 5.11. The maximum absolute atomic E-state index is 11.9. The molecule has 0 spiro atoms. The van der Waals surface area contributed by atoms with Crippen molar-refractivity contribution >= 4 is 15.2 Å². The van der Waals surface area contributed by atoms with Gasteiger partial charge in [-0.3, -0.25) is 9.69 Å². The van der Waals surface area contributed by atoms with Gasteiger partial charge in [0.05, 0.1) is 19.3 Å². The Balaban J connectivity index is 1.77. The molecular weight excluding hydrogens is 313 g/mol. The van der Waals surface area contributed by atoms with Crippen LogP contribution in [0.1, 0.15) is 30.0 Å². The van der Waals surface area contributed by atoms with E-state index in [1.54, 1.807) is 0 Å². The fraction of sp³-hybridized carbons (Fsp3) is 0.588.